The van der Waals surface area contributed by atoms with Crippen LogP contribution in [0.15, 0.2) is 48.5 Å². The first-order chi connectivity index (χ1) is 13.5. The zero-order chi connectivity index (χ0) is 20.1. The molecule has 3 aromatic rings. The fourth-order valence-electron chi connectivity index (χ4n) is 2.51. The van der Waals surface area contributed by atoms with Crippen molar-refractivity contribution in [3.05, 3.63) is 64.7 Å². The van der Waals surface area contributed by atoms with E-state index in [0.29, 0.717) is 22.8 Å². The summed E-state index contributed by atoms with van der Waals surface area (Å²) in [5, 5.41) is 12.9. The van der Waals surface area contributed by atoms with E-state index in [0.717, 1.165) is 11.1 Å². The Bertz CT molecular complexity index is 970. The number of primary amides is 1. The van der Waals surface area contributed by atoms with Crippen molar-refractivity contribution in [2.75, 3.05) is 0 Å². The van der Waals surface area contributed by atoms with Crippen LogP contribution in [0, 0.1) is 0 Å². The molecule has 2 N–H and O–H groups in total. The van der Waals surface area contributed by atoms with E-state index in [9.17, 15) is 9.59 Å². The van der Waals surface area contributed by atoms with Crippen LogP contribution >= 0.6 is 11.6 Å². The molecule has 0 saturated heterocycles. The number of tetrazole rings is 1. The highest BCUT2D eigenvalue weighted by atomic mass is 35.5. The van der Waals surface area contributed by atoms with Crippen LogP contribution in [0.3, 0.4) is 0 Å². The summed E-state index contributed by atoms with van der Waals surface area (Å²) >= 11 is 5.88. The van der Waals surface area contributed by atoms with Gasteiger partial charge in [-0.15, -0.1) is 15.0 Å². The van der Waals surface area contributed by atoms with Crippen molar-refractivity contribution in [3.8, 4) is 11.4 Å². The molecule has 0 aliphatic carbocycles. The molecule has 1 atom stereocenters. The number of aromatic nitrogens is 4. The highest BCUT2D eigenvalue weighted by Gasteiger charge is 2.23. The second kappa shape index (κ2) is 8.62. The number of hydrogen-bond donors (Lipinski definition) is 1. The Labute approximate surface area is 166 Å². The number of esters is 1. The summed E-state index contributed by atoms with van der Waals surface area (Å²) in [6.45, 7) is 1.89. The van der Waals surface area contributed by atoms with Gasteiger partial charge in [-0.25, -0.2) is 4.79 Å². The van der Waals surface area contributed by atoms with Crippen LogP contribution in [0.25, 0.3) is 11.4 Å². The summed E-state index contributed by atoms with van der Waals surface area (Å²) in [6, 6.07) is 12.8. The number of carbonyl (C=O) groups is 2. The molecular weight excluding hydrogens is 382 g/mol. The molecule has 0 radical (unpaired) electrons. The predicted molar refractivity (Wildman–Crippen MR) is 102 cm³/mol. The molecule has 0 bridgehead atoms. The molecule has 0 saturated carbocycles. The van der Waals surface area contributed by atoms with Crippen molar-refractivity contribution in [2.45, 2.75) is 26.0 Å². The van der Waals surface area contributed by atoms with Crippen molar-refractivity contribution in [1.29, 1.82) is 0 Å². The average Bonchev–Trinajstić information content (AvgIpc) is 3.17. The maximum absolute atomic E-state index is 12.5. The summed E-state index contributed by atoms with van der Waals surface area (Å²) in [5.41, 5.74) is 7.08. The predicted octanol–water partition coefficient (Wildman–Crippen LogP) is 2.79. The van der Waals surface area contributed by atoms with Crippen LogP contribution in [-0.4, -0.2) is 32.1 Å². The molecule has 0 aliphatic heterocycles. The quantitative estimate of drug-likeness (QED) is 0.611. The third kappa shape index (κ3) is 4.52. The van der Waals surface area contributed by atoms with Crippen LogP contribution in [-0.2, 0) is 16.1 Å². The fraction of sp³-hybridized carbons (Fsp3) is 0.211. The van der Waals surface area contributed by atoms with Gasteiger partial charge < -0.3 is 10.5 Å². The van der Waals surface area contributed by atoms with Crippen molar-refractivity contribution in [1.82, 2.24) is 20.2 Å². The second-order valence-corrected chi connectivity index (χ2v) is 6.47. The monoisotopic (exact) mass is 399 g/mol. The Morgan fingerprint density at radius 1 is 1.14 bits per heavy atom. The molecule has 3 rings (SSSR count). The molecule has 0 unspecified atom stereocenters. The summed E-state index contributed by atoms with van der Waals surface area (Å²) in [4.78, 5) is 24.8. The zero-order valence-corrected chi connectivity index (χ0v) is 15.8. The number of rotatable bonds is 7. The Kier molecular flexibility index (Phi) is 6.00. The van der Waals surface area contributed by atoms with Crippen LogP contribution in [0.5, 0.6) is 0 Å². The molecule has 0 spiro atoms. The molecule has 28 heavy (non-hydrogen) atoms. The van der Waals surface area contributed by atoms with E-state index in [4.69, 9.17) is 22.1 Å². The Balaban J connectivity index is 1.66. The Morgan fingerprint density at radius 3 is 2.43 bits per heavy atom. The van der Waals surface area contributed by atoms with Gasteiger partial charge in [-0.05, 0) is 53.6 Å². The van der Waals surface area contributed by atoms with Gasteiger partial charge in [-0.3, -0.25) is 4.79 Å². The maximum atomic E-state index is 12.5. The highest BCUT2D eigenvalue weighted by Crippen LogP contribution is 2.19. The lowest BCUT2D eigenvalue weighted by molar-refractivity contribution is -0.149. The largest absolute Gasteiger partial charge is 0.459 e. The molecule has 2 aromatic carbocycles. The lowest BCUT2D eigenvalue weighted by atomic mass is 10.1. The van der Waals surface area contributed by atoms with Gasteiger partial charge in [-0.2, -0.15) is 0 Å². The fourth-order valence-corrected chi connectivity index (χ4v) is 2.64. The third-order valence-electron chi connectivity index (χ3n) is 4.09. The van der Waals surface area contributed by atoms with Crippen LogP contribution in [0.2, 0.25) is 5.02 Å². The van der Waals surface area contributed by atoms with Gasteiger partial charge in [0.1, 0.15) is 6.61 Å². The van der Waals surface area contributed by atoms with Gasteiger partial charge in [0.05, 0.1) is 0 Å². The minimum absolute atomic E-state index is 0.0626. The Morgan fingerprint density at radius 2 is 1.82 bits per heavy atom. The molecule has 8 nitrogen and oxygen atoms in total. The van der Waals surface area contributed by atoms with Gasteiger partial charge in [-0.1, -0.05) is 30.7 Å². The lowest BCUT2D eigenvalue weighted by Crippen LogP contribution is -2.23. The molecular formula is C19H18ClN5O3. The summed E-state index contributed by atoms with van der Waals surface area (Å²) in [6.07, 6.45) is 0.440. The SMILES string of the molecule is CC[C@H](C(=O)OCc1ccc(C(N)=O)cc1)n1nnc(-c2ccc(Cl)cc2)n1. The number of ether oxygens (including phenoxy) is 1. The van der Waals surface area contributed by atoms with Gasteiger partial charge in [0.2, 0.25) is 11.7 Å². The van der Waals surface area contributed by atoms with Crippen molar-refractivity contribution < 1.29 is 14.3 Å². The smallest absolute Gasteiger partial charge is 0.333 e. The highest BCUT2D eigenvalue weighted by molar-refractivity contribution is 6.30. The van der Waals surface area contributed by atoms with Crippen molar-refractivity contribution in [2.24, 2.45) is 5.73 Å². The minimum atomic E-state index is -0.696. The molecule has 0 fully saturated rings. The first kappa shape index (κ1) is 19.5. The topological polar surface area (TPSA) is 113 Å². The second-order valence-electron chi connectivity index (χ2n) is 6.03. The number of carbonyl (C=O) groups excluding carboxylic acids is 2. The number of nitrogens with two attached hydrogens (primary N) is 1. The minimum Gasteiger partial charge on any atom is -0.459 e. The number of amides is 1. The average molecular weight is 400 g/mol. The van der Waals surface area contributed by atoms with E-state index in [1.807, 2.05) is 6.92 Å². The number of halogens is 1. The number of benzene rings is 2. The molecule has 1 heterocycles. The van der Waals surface area contributed by atoms with Gasteiger partial charge in [0.25, 0.3) is 0 Å². The maximum Gasteiger partial charge on any atom is 0.333 e. The van der Waals surface area contributed by atoms with E-state index in [1.165, 1.54) is 4.80 Å². The van der Waals surface area contributed by atoms with E-state index in [2.05, 4.69) is 15.4 Å². The zero-order valence-electron chi connectivity index (χ0n) is 15.1. The van der Waals surface area contributed by atoms with Gasteiger partial charge >= 0.3 is 5.97 Å². The molecule has 0 aliphatic rings. The molecule has 144 valence electrons. The van der Waals surface area contributed by atoms with E-state index in [1.54, 1.807) is 48.5 Å². The summed E-state index contributed by atoms with van der Waals surface area (Å²) in [7, 11) is 0. The molecule has 1 amide bonds. The first-order valence-electron chi connectivity index (χ1n) is 8.58. The molecule has 1 aromatic heterocycles. The summed E-state index contributed by atoms with van der Waals surface area (Å²) < 4.78 is 5.37. The summed E-state index contributed by atoms with van der Waals surface area (Å²) in [5.74, 6) is -0.588. The number of hydrogen-bond acceptors (Lipinski definition) is 6. The normalized spacial score (nSPS) is 11.8. The van der Waals surface area contributed by atoms with Crippen LogP contribution < -0.4 is 5.73 Å². The first-order valence-corrected chi connectivity index (χ1v) is 8.96. The third-order valence-corrected chi connectivity index (χ3v) is 4.34. The standard InChI is InChI=1S/C19H18ClN5O3/c1-2-16(19(27)28-11-12-3-5-13(6-4-12)17(21)26)25-23-18(22-24-25)14-7-9-15(20)10-8-14/h3-10,16H,2,11H2,1H3,(H2,21,26)/t16-/m1/s1. The van der Waals surface area contributed by atoms with Gasteiger partial charge in [0.15, 0.2) is 6.04 Å². The van der Waals surface area contributed by atoms with E-state index in [-0.39, 0.29) is 6.61 Å². The van der Waals surface area contributed by atoms with Crippen molar-refractivity contribution >= 4 is 23.5 Å². The number of nitrogens with zero attached hydrogens (tertiary/aromatic N) is 4. The van der Waals surface area contributed by atoms with Crippen LogP contribution in [0.1, 0.15) is 35.3 Å². The van der Waals surface area contributed by atoms with E-state index < -0.39 is 17.9 Å². The van der Waals surface area contributed by atoms with E-state index >= 15 is 0 Å². The molecule has 9 heteroatoms. The van der Waals surface area contributed by atoms with Crippen LogP contribution in [0.4, 0.5) is 0 Å². The Hall–Kier alpha value is -3.26. The van der Waals surface area contributed by atoms with Crippen molar-refractivity contribution in [3.63, 3.8) is 0 Å². The van der Waals surface area contributed by atoms with Gasteiger partial charge in [0, 0.05) is 16.1 Å². The lowest BCUT2D eigenvalue weighted by Gasteiger charge is -2.12.